The molecule has 0 radical (unpaired) electrons. The van der Waals surface area contributed by atoms with E-state index < -0.39 is 11.7 Å². The second-order valence-corrected chi connectivity index (χ2v) is 4.87. The Morgan fingerprint density at radius 3 is 2.17 bits per heavy atom. The first-order chi connectivity index (χ1) is 11.0. The average Bonchev–Trinajstić information content (AvgIpc) is 2.99. The summed E-state index contributed by atoms with van der Waals surface area (Å²) in [5.41, 5.74) is 1.37. The number of aliphatic hydroxyl groups is 1. The molecule has 0 saturated heterocycles. The first-order valence-corrected chi connectivity index (χ1v) is 6.79. The molecule has 0 aliphatic carbocycles. The number of benzene rings is 2. The van der Waals surface area contributed by atoms with Crippen molar-refractivity contribution in [1.29, 1.82) is 0 Å². The highest BCUT2D eigenvalue weighted by molar-refractivity contribution is 5.64. The highest BCUT2D eigenvalue weighted by Gasteiger charge is 2.30. The molecule has 0 bridgehead atoms. The molecule has 1 aromatic heterocycles. The predicted octanol–water partition coefficient (Wildman–Crippen LogP) is 3.45. The van der Waals surface area contributed by atoms with Gasteiger partial charge in [-0.2, -0.15) is 13.2 Å². The molecule has 0 amide bonds. The molecule has 7 heteroatoms. The van der Waals surface area contributed by atoms with Crippen LogP contribution < -0.4 is 0 Å². The zero-order chi connectivity index (χ0) is 16.4. The fraction of sp³-hybridized carbons (Fsp3) is 0.125. The van der Waals surface area contributed by atoms with E-state index in [-0.39, 0.29) is 6.61 Å². The first kappa shape index (κ1) is 15.2. The van der Waals surface area contributed by atoms with Gasteiger partial charge in [0.1, 0.15) is 11.4 Å². The van der Waals surface area contributed by atoms with Crippen LogP contribution in [0, 0.1) is 0 Å². The van der Waals surface area contributed by atoms with E-state index in [0.29, 0.717) is 17.1 Å². The van der Waals surface area contributed by atoms with E-state index in [0.717, 1.165) is 17.7 Å². The number of hydrogen-bond acceptors (Lipinski definition) is 3. The lowest BCUT2D eigenvalue weighted by Gasteiger charge is -2.10. The average molecular weight is 319 g/mol. The molecule has 0 fully saturated rings. The minimum atomic E-state index is -4.39. The molecule has 3 aromatic rings. The molecular formula is C16H12F3N3O. The molecule has 1 heterocycles. The van der Waals surface area contributed by atoms with E-state index in [1.807, 2.05) is 30.3 Å². The van der Waals surface area contributed by atoms with Gasteiger partial charge >= 0.3 is 6.18 Å². The number of halogens is 3. The monoisotopic (exact) mass is 319 g/mol. The van der Waals surface area contributed by atoms with Crippen LogP contribution in [0.15, 0.2) is 54.6 Å². The number of nitrogens with zero attached hydrogens (tertiary/aromatic N) is 3. The number of hydrogen-bond donors (Lipinski definition) is 1. The topological polar surface area (TPSA) is 50.9 Å². The number of alkyl halides is 3. The van der Waals surface area contributed by atoms with Crippen molar-refractivity contribution in [3.05, 3.63) is 65.9 Å². The van der Waals surface area contributed by atoms with Crippen LogP contribution in [-0.4, -0.2) is 20.1 Å². The van der Waals surface area contributed by atoms with E-state index in [1.54, 1.807) is 0 Å². The fourth-order valence-electron chi connectivity index (χ4n) is 2.28. The van der Waals surface area contributed by atoms with Crippen molar-refractivity contribution in [1.82, 2.24) is 15.0 Å². The molecule has 4 nitrogen and oxygen atoms in total. The van der Waals surface area contributed by atoms with Crippen molar-refractivity contribution >= 4 is 0 Å². The van der Waals surface area contributed by atoms with Gasteiger partial charge in [0.25, 0.3) is 0 Å². The van der Waals surface area contributed by atoms with Gasteiger partial charge in [-0.3, -0.25) is 0 Å². The molecule has 0 unspecified atom stereocenters. The largest absolute Gasteiger partial charge is 0.416 e. The van der Waals surface area contributed by atoms with Crippen LogP contribution in [0.2, 0.25) is 0 Å². The molecule has 1 N–H and O–H groups in total. The van der Waals surface area contributed by atoms with Crippen molar-refractivity contribution in [3.63, 3.8) is 0 Å². The second kappa shape index (κ2) is 5.85. The highest BCUT2D eigenvalue weighted by Crippen LogP contribution is 2.31. The Labute approximate surface area is 129 Å². The van der Waals surface area contributed by atoms with Gasteiger partial charge in [0.2, 0.25) is 0 Å². The summed E-state index contributed by atoms with van der Waals surface area (Å²) in [7, 11) is 0. The van der Waals surface area contributed by atoms with Crippen LogP contribution >= 0.6 is 0 Å². The van der Waals surface area contributed by atoms with Crippen LogP contribution in [0.4, 0.5) is 13.2 Å². The van der Waals surface area contributed by atoms with Crippen LogP contribution in [0.1, 0.15) is 11.3 Å². The molecule has 0 spiro atoms. The lowest BCUT2D eigenvalue weighted by Crippen LogP contribution is -2.06. The van der Waals surface area contributed by atoms with Gasteiger partial charge in [0, 0.05) is 5.56 Å². The summed E-state index contributed by atoms with van der Waals surface area (Å²) in [6, 6.07) is 13.7. The van der Waals surface area contributed by atoms with Gasteiger partial charge in [-0.25, -0.2) is 4.68 Å². The fourth-order valence-corrected chi connectivity index (χ4v) is 2.28. The smallest absolute Gasteiger partial charge is 0.390 e. The lowest BCUT2D eigenvalue weighted by atomic mass is 10.1. The molecule has 2 aromatic carbocycles. The number of aromatic nitrogens is 3. The zero-order valence-corrected chi connectivity index (χ0v) is 11.8. The Morgan fingerprint density at radius 2 is 1.61 bits per heavy atom. The van der Waals surface area contributed by atoms with Crippen LogP contribution in [-0.2, 0) is 12.8 Å². The third-order valence-corrected chi connectivity index (χ3v) is 3.38. The number of rotatable bonds is 3. The van der Waals surface area contributed by atoms with E-state index in [4.69, 9.17) is 0 Å². The van der Waals surface area contributed by atoms with Crippen LogP contribution in [0.25, 0.3) is 16.9 Å². The van der Waals surface area contributed by atoms with Crippen molar-refractivity contribution in [2.45, 2.75) is 12.8 Å². The molecule has 0 aliphatic heterocycles. The normalized spacial score (nSPS) is 11.7. The Hall–Kier alpha value is -2.67. The van der Waals surface area contributed by atoms with Crippen molar-refractivity contribution in [3.8, 4) is 16.9 Å². The van der Waals surface area contributed by atoms with Crippen molar-refractivity contribution in [2.75, 3.05) is 0 Å². The van der Waals surface area contributed by atoms with Crippen LogP contribution in [0.3, 0.4) is 0 Å². The van der Waals surface area contributed by atoms with E-state index in [1.165, 1.54) is 16.8 Å². The molecule has 118 valence electrons. The molecular weight excluding hydrogens is 307 g/mol. The minimum absolute atomic E-state index is 0.315. The molecule has 0 saturated carbocycles. The first-order valence-electron chi connectivity index (χ1n) is 6.79. The van der Waals surface area contributed by atoms with Gasteiger partial charge in [0.05, 0.1) is 17.9 Å². The quantitative estimate of drug-likeness (QED) is 0.804. The zero-order valence-electron chi connectivity index (χ0n) is 11.8. The maximum absolute atomic E-state index is 12.7. The highest BCUT2D eigenvalue weighted by atomic mass is 19.4. The Bertz CT molecular complexity index is 796. The van der Waals surface area contributed by atoms with Gasteiger partial charge in [-0.15, -0.1) is 5.10 Å². The van der Waals surface area contributed by atoms with E-state index >= 15 is 0 Å². The summed E-state index contributed by atoms with van der Waals surface area (Å²) in [4.78, 5) is 0. The van der Waals surface area contributed by atoms with Gasteiger partial charge < -0.3 is 5.11 Å². The maximum atomic E-state index is 12.7. The Balaban J connectivity index is 2.09. The minimum Gasteiger partial charge on any atom is -0.390 e. The third-order valence-electron chi connectivity index (χ3n) is 3.38. The van der Waals surface area contributed by atoms with Gasteiger partial charge in [-0.1, -0.05) is 35.5 Å². The summed E-state index contributed by atoms with van der Waals surface area (Å²) in [5.74, 6) is 0. The lowest BCUT2D eigenvalue weighted by molar-refractivity contribution is -0.137. The summed E-state index contributed by atoms with van der Waals surface area (Å²) in [6.45, 7) is -0.315. The second-order valence-electron chi connectivity index (χ2n) is 4.87. The SMILES string of the molecule is OCc1nnn(-c2ccc(C(F)(F)F)cc2)c1-c1ccccc1. The van der Waals surface area contributed by atoms with E-state index in [9.17, 15) is 18.3 Å². The summed E-state index contributed by atoms with van der Waals surface area (Å²) in [6.07, 6.45) is -4.39. The summed E-state index contributed by atoms with van der Waals surface area (Å²) < 4.78 is 39.4. The Kier molecular flexibility index (Phi) is 3.87. The van der Waals surface area contributed by atoms with Crippen LogP contribution in [0.5, 0.6) is 0 Å². The maximum Gasteiger partial charge on any atom is 0.416 e. The van der Waals surface area contributed by atoms with Gasteiger partial charge in [0.15, 0.2) is 0 Å². The summed E-state index contributed by atoms with van der Waals surface area (Å²) in [5, 5.41) is 17.3. The molecule has 3 rings (SSSR count). The van der Waals surface area contributed by atoms with Crippen molar-refractivity contribution < 1.29 is 18.3 Å². The van der Waals surface area contributed by atoms with E-state index in [2.05, 4.69) is 10.3 Å². The van der Waals surface area contributed by atoms with Gasteiger partial charge in [-0.05, 0) is 24.3 Å². The molecule has 23 heavy (non-hydrogen) atoms. The molecule has 0 aliphatic rings. The molecule has 0 atom stereocenters. The predicted molar refractivity (Wildman–Crippen MR) is 77.7 cm³/mol. The Morgan fingerprint density at radius 1 is 0.957 bits per heavy atom. The standard InChI is InChI=1S/C16H12F3N3O/c17-16(18,19)12-6-8-13(9-7-12)22-15(14(10-23)20-21-22)11-4-2-1-3-5-11/h1-9,23H,10H2. The van der Waals surface area contributed by atoms with Crippen molar-refractivity contribution in [2.24, 2.45) is 0 Å². The third kappa shape index (κ3) is 2.95. The summed E-state index contributed by atoms with van der Waals surface area (Å²) >= 11 is 0. The number of aliphatic hydroxyl groups excluding tert-OH is 1.